The topological polar surface area (TPSA) is 69.6 Å². The molecule has 0 spiro atoms. The molecule has 1 rings (SSSR count). The molecule has 0 heterocycles. The van der Waals surface area contributed by atoms with Gasteiger partial charge in [-0.1, -0.05) is 6.07 Å². The molecular formula is C14H20N2O3. The van der Waals surface area contributed by atoms with E-state index in [1.165, 1.54) is 4.90 Å². The third-order valence-corrected chi connectivity index (χ3v) is 2.70. The van der Waals surface area contributed by atoms with Crippen LogP contribution in [0.5, 0.6) is 0 Å². The second-order valence-corrected chi connectivity index (χ2v) is 4.73. The molecule has 0 aliphatic carbocycles. The van der Waals surface area contributed by atoms with Gasteiger partial charge in [-0.05, 0) is 43.5 Å². The molecule has 5 heteroatoms. The summed E-state index contributed by atoms with van der Waals surface area (Å²) in [7, 11) is 1.65. The van der Waals surface area contributed by atoms with Gasteiger partial charge in [0, 0.05) is 25.7 Å². The average molecular weight is 264 g/mol. The van der Waals surface area contributed by atoms with Gasteiger partial charge in [-0.3, -0.25) is 4.79 Å². The Hall–Kier alpha value is -2.04. The zero-order valence-corrected chi connectivity index (χ0v) is 11.6. The molecule has 1 aromatic rings. The van der Waals surface area contributed by atoms with E-state index in [1.54, 1.807) is 7.05 Å². The SMILES string of the molecule is Cc1cc(C)cc(NC(=O)N(C)CCCC(=O)O)c1. The summed E-state index contributed by atoms with van der Waals surface area (Å²) in [6.45, 7) is 4.36. The van der Waals surface area contributed by atoms with Crippen LogP contribution in [0.15, 0.2) is 18.2 Å². The van der Waals surface area contributed by atoms with Gasteiger partial charge < -0.3 is 15.3 Å². The van der Waals surface area contributed by atoms with Gasteiger partial charge in [0.25, 0.3) is 0 Å². The number of anilines is 1. The summed E-state index contributed by atoms with van der Waals surface area (Å²) >= 11 is 0. The summed E-state index contributed by atoms with van der Waals surface area (Å²) in [4.78, 5) is 23.8. The van der Waals surface area contributed by atoms with Crippen molar-refractivity contribution in [2.75, 3.05) is 18.9 Å². The number of carboxylic acids is 1. The second kappa shape index (κ2) is 6.78. The lowest BCUT2D eigenvalue weighted by Crippen LogP contribution is -2.32. The minimum absolute atomic E-state index is 0.0706. The fourth-order valence-corrected chi connectivity index (χ4v) is 1.83. The Morgan fingerprint density at radius 1 is 1.21 bits per heavy atom. The maximum atomic E-state index is 11.9. The third kappa shape index (κ3) is 5.42. The van der Waals surface area contributed by atoms with Gasteiger partial charge in [-0.15, -0.1) is 0 Å². The molecular weight excluding hydrogens is 244 g/mol. The molecule has 0 aliphatic rings. The van der Waals surface area contributed by atoms with E-state index >= 15 is 0 Å². The van der Waals surface area contributed by atoms with E-state index in [1.807, 2.05) is 32.0 Å². The molecule has 0 atom stereocenters. The van der Waals surface area contributed by atoms with Crippen molar-refractivity contribution >= 4 is 17.7 Å². The Kier molecular flexibility index (Phi) is 5.36. The molecule has 0 bridgehead atoms. The Bertz CT molecular complexity index is 452. The molecule has 2 N–H and O–H groups in total. The number of amides is 2. The number of hydrogen-bond acceptors (Lipinski definition) is 2. The monoisotopic (exact) mass is 264 g/mol. The number of rotatable bonds is 5. The standard InChI is InChI=1S/C14H20N2O3/c1-10-7-11(2)9-12(8-10)15-14(19)16(3)6-4-5-13(17)18/h7-9H,4-6H2,1-3H3,(H,15,19)(H,17,18). The van der Waals surface area contributed by atoms with Gasteiger partial charge >= 0.3 is 12.0 Å². The number of aryl methyl sites for hydroxylation is 2. The van der Waals surface area contributed by atoms with Gasteiger partial charge in [0.05, 0.1) is 0 Å². The zero-order valence-electron chi connectivity index (χ0n) is 11.6. The Morgan fingerprint density at radius 2 is 1.79 bits per heavy atom. The quantitative estimate of drug-likeness (QED) is 0.859. The highest BCUT2D eigenvalue weighted by Gasteiger charge is 2.09. The van der Waals surface area contributed by atoms with E-state index in [2.05, 4.69) is 5.32 Å². The van der Waals surface area contributed by atoms with Gasteiger partial charge in [0.2, 0.25) is 0 Å². The maximum absolute atomic E-state index is 11.9. The summed E-state index contributed by atoms with van der Waals surface area (Å²) in [6.07, 6.45) is 0.521. The molecule has 0 radical (unpaired) electrons. The molecule has 1 aromatic carbocycles. The van der Waals surface area contributed by atoms with Crippen molar-refractivity contribution in [2.45, 2.75) is 26.7 Å². The summed E-state index contributed by atoms with van der Waals surface area (Å²) in [5, 5.41) is 11.3. The predicted octanol–water partition coefficient (Wildman–Crippen LogP) is 2.63. The first-order valence-electron chi connectivity index (χ1n) is 6.20. The smallest absolute Gasteiger partial charge is 0.321 e. The Labute approximate surface area is 113 Å². The van der Waals surface area contributed by atoms with Crippen LogP contribution in [0.1, 0.15) is 24.0 Å². The number of hydrogen-bond donors (Lipinski definition) is 2. The number of aliphatic carboxylic acids is 1. The van der Waals surface area contributed by atoms with Gasteiger partial charge in [0.15, 0.2) is 0 Å². The number of benzene rings is 1. The fraction of sp³-hybridized carbons (Fsp3) is 0.429. The summed E-state index contributed by atoms with van der Waals surface area (Å²) < 4.78 is 0. The number of carbonyl (C=O) groups is 2. The van der Waals surface area contributed by atoms with E-state index in [4.69, 9.17) is 5.11 Å². The van der Waals surface area contributed by atoms with Crippen LogP contribution in [0.4, 0.5) is 10.5 Å². The van der Waals surface area contributed by atoms with Gasteiger partial charge in [0.1, 0.15) is 0 Å². The molecule has 0 fully saturated rings. The van der Waals surface area contributed by atoms with Crippen LogP contribution in [0, 0.1) is 13.8 Å². The van der Waals surface area contributed by atoms with Crippen molar-refractivity contribution in [3.8, 4) is 0 Å². The van der Waals surface area contributed by atoms with Crippen molar-refractivity contribution in [3.63, 3.8) is 0 Å². The largest absolute Gasteiger partial charge is 0.481 e. The molecule has 0 aliphatic heterocycles. The lowest BCUT2D eigenvalue weighted by molar-refractivity contribution is -0.137. The second-order valence-electron chi connectivity index (χ2n) is 4.73. The van der Waals surface area contributed by atoms with Crippen molar-refractivity contribution in [3.05, 3.63) is 29.3 Å². The van der Waals surface area contributed by atoms with Crippen LogP contribution in [0.3, 0.4) is 0 Å². The lowest BCUT2D eigenvalue weighted by atomic mass is 10.1. The lowest BCUT2D eigenvalue weighted by Gasteiger charge is -2.18. The van der Waals surface area contributed by atoms with E-state index in [9.17, 15) is 9.59 Å². The van der Waals surface area contributed by atoms with Crippen molar-refractivity contribution < 1.29 is 14.7 Å². The molecule has 104 valence electrons. The molecule has 5 nitrogen and oxygen atoms in total. The van der Waals surface area contributed by atoms with Crippen LogP contribution in [0.2, 0.25) is 0 Å². The van der Waals surface area contributed by atoms with Crippen molar-refractivity contribution in [1.29, 1.82) is 0 Å². The molecule has 0 saturated heterocycles. The Morgan fingerprint density at radius 3 is 2.32 bits per heavy atom. The Balaban J connectivity index is 2.51. The first-order valence-corrected chi connectivity index (χ1v) is 6.20. The number of nitrogens with one attached hydrogen (secondary N) is 1. The minimum atomic E-state index is -0.844. The van der Waals surface area contributed by atoms with E-state index in [-0.39, 0.29) is 12.5 Å². The number of carbonyl (C=O) groups excluding carboxylic acids is 1. The molecule has 19 heavy (non-hydrogen) atoms. The highest BCUT2D eigenvalue weighted by Crippen LogP contribution is 2.14. The van der Waals surface area contributed by atoms with Crippen LogP contribution >= 0.6 is 0 Å². The van der Waals surface area contributed by atoms with Gasteiger partial charge in [-0.2, -0.15) is 0 Å². The highest BCUT2D eigenvalue weighted by molar-refractivity contribution is 5.89. The fourth-order valence-electron chi connectivity index (χ4n) is 1.83. The third-order valence-electron chi connectivity index (χ3n) is 2.70. The number of nitrogens with zero attached hydrogens (tertiary/aromatic N) is 1. The minimum Gasteiger partial charge on any atom is -0.481 e. The van der Waals surface area contributed by atoms with Crippen molar-refractivity contribution in [1.82, 2.24) is 4.90 Å². The average Bonchev–Trinajstić information content (AvgIpc) is 2.26. The predicted molar refractivity (Wildman–Crippen MR) is 74.4 cm³/mol. The van der Waals surface area contributed by atoms with Crippen LogP contribution in [0.25, 0.3) is 0 Å². The maximum Gasteiger partial charge on any atom is 0.321 e. The van der Waals surface area contributed by atoms with E-state index in [0.29, 0.717) is 13.0 Å². The molecule has 0 saturated carbocycles. The first kappa shape index (κ1) is 15.0. The van der Waals surface area contributed by atoms with Crippen LogP contribution in [-0.2, 0) is 4.79 Å². The van der Waals surface area contributed by atoms with Crippen molar-refractivity contribution in [2.24, 2.45) is 0 Å². The number of urea groups is 1. The van der Waals surface area contributed by atoms with Crippen LogP contribution < -0.4 is 5.32 Å². The van der Waals surface area contributed by atoms with E-state index < -0.39 is 5.97 Å². The van der Waals surface area contributed by atoms with Gasteiger partial charge in [-0.25, -0.2) is 4.79 Å². The summed E-state index contributed by atoms with van der Waals surface area (Å²) in [5.74, 6) is -0.844. The first-order chi connectivity index (χ1) is 8.88. The molecule has 2 amide bonds. The normalized spacial score (nSPS) is 10.1. The van der Waals surface area contributed by atoms with Crippen LogP contribution in [-0.4, -0.2) is 35.6 Å². The summed E-state index contributed by atoms with van der Waals surface area (Å²) in [5.41, 5.74) is 2.93. The molecule has 0 aromatic heterocycles. The highest BCUT2D eigenvalue weighted by atomic mass is 16.4. The zero-order chi connectivity index (χ0) is 14.4. The molecule has 0 unspecified atom stereocenters. The van der Waals surface area contributed by atoms with E-state index in [0.717, 1.165) is 16.8 Å². The summed E-state index contributed by atoms with van der Waals surface area (Å²) in [6, 6.07) is 5.61. The number of carboxylic acid groups (broad SMARTS) is 1.